The van der Waals surface area contributed by atoms with Crippen LogP contribution in [0.1, 0.15) is 71.7 Å². The van der Waals surface area contributed by atoms with Gasteiger partial charge < -0.3 is 10.2 Å². The summed E-state index contributed by atoms with van der Waals surface area (Å²) < 4.78 is 0. The standard InChI is InChI=1S/C23H28N2O2/c1-17(2)18-10-12-19(13-11-18)22(26)24-21-9-7-8-20(16-21)23(27)25-14-5-3-4-6-15-25/h7-13,16-17H,3-6,14-15H2,1-2H3,(H,24,26). The molecule has 1 saturated heterocycles. The number of carbonyl (C=O) groups is 2. The molecule has 1 heterocycles. The van der Waals surface area contributed by atoms with E-state index in [4.69, 9.17) is 0 Å². The van der Waals surface area contributed by atoms with Gasteiger partial charge in [0.25, 0.3) is 11.8 Å². The van der Waals surface area contributed by atoms with Gasteiger partial charge in [-0.15, -0.1) is 0 Å². The van der Waals surface area contributed by atoms with Crippen molar-refractivity contribution in [2.24, 2.45) is 0 Å². The first-order chi connectivity index (χ1) is 13.0. The summed E-state index contributed by atoms with van der Waals surface area (Å²) in [5.41, 5.74) is 3.10. The predicted octanol–water partition coefficient (Wildman–Crippen LogP) is 5.08. The van der Waals surface area contributed by atoms with Gasteiger partial charge in [0, 0.05) is 29.9 Å². The largest absolute Gasteiger partial charge is 0.339 e. The van der Waals surface area contributed by atoms with Gasteiger partial charge in [0.15, 0.2) is 0 Å². The second-order valence-corrected chi connectivity index (χ2v) is 7.52. The Morgan fingerprint density at radius 2 is 1.56 bits per heavy atom. The van der Waals surface area contributed by atoms with Crippen LogP contribution >= 0.6 is 0 Å². The van der Waals surface area contributed by atoms with Gasteiger partial charge in [-0.1, -0.05) is 44.9 Å². The molecule has 1 fully saturated rings. The smallest absolute Gasteiger partial charge is 0.255 e. The fourth-order valence-electron chi connectivity index (χ4n) is 3.41. The lowest BCUT2D eigenvalue weighted by Gasteiger charge is -2.20. The summed E-state index contributed by atoms with van der Waals surface area (Å²) in [5.74, 6) is 0.322. The van der Waals surface area contributed by atoms with Gasteiger partial charge in [-0.05, 0) is 54.7 Å². The number of likely N-dealkylation sites (tertiary alicyclic amines) is 1. The first-order valence-corrected chi connectivity index (χ1v) is 9.85. The molecular formula is C23H28N2O2. The van der Waals surface area contributed by atoms with Crippen LogP contribution in [0.3, 0.4) is 0 Å². The van der Waals surface area contributed by atoms with Crippen LogP contribution in [0.15, 0.2) is 48.5 Å². The third-order valence-electron chi connectivity index (χ3n) is 5.10. The van der Waals surface area contributed by atoms with Gasteiger partial charge in [0.2, 0.25) is 0 Å². The van der Waals surface area contributed by atoms with Crippen molar-refractivity contribution in [3.8, 4) is 0 Å². The number of hydrogen-bond donors (Lipinski definition) is 1. The van der Waals surface area contributed by atoms with Crippen molar-refractivity contribution in [3.05, 3.63) is 65.2 Å². The van der Waals surface area contributed by atoms with Crippen LogP contribution in [0, 0.1) is 0 Å². The summed E-state index contributed by atoms with van der Waals surface area (Å²) in [7, 11) is 0. The van der Waals surface area contributed by atoms with Crippen LogP contribution in [-0.4, -0.2) is 29.8 Å². The SMILES string of the molecule is CC(C)c1ccc(C(=O)Nc2cccc(C(=O)N3CCCCCC3)c2)cc1. The number of amides is 2. The van der Waals surface area contributed by atoms with E-state index in [1.165, 1.54) is 18.4 Å². The third-order valence-corrected chi connectivity index (χ3v) is 5.10. The number of anilines is 1. The molecule has 1 aliphatic rings. The van der Waals surface area contributed by atoms with Crippen molar-refractivity contribution in [1.82, 2.24) is 4.90 Å². The maximum Gasteiger partial charge on any atom is 0.255 e. The first kappa shape index (κ1) is 19.2. The molecule has 0 spiro atoms. The van der Waals surface area contributed by atoms with E-state index in [-0.39, 0.29) is 11.8 Å². The highest BCUT2D eigenvalue weighted by Crippen LogP contribution is 2.18. The second-order valence-electron chi connectivity index (χ2n) is 7.52. The van der Waals surface area contributed by atoms with Gasteiger partial charge in [0.1, 0.15) is 0 Å². The topological polar surface area (TPSA) is 49.4 Å². The van der Waals surface area contributed by atoms with E-state index < -0.39 is 0 Å². The summed E-state index contributed by atoms with van der Waals surface area (Å²) in [6, 6.07) is 14.9. The maximum absolute atomic E-state index is 12.8. The molecule has 2 amide bonds. The Bertz CT molecular complexity index is 788. The number of rotatable bonds is 4. The zero-order valence-electron chi connectivity index (χ0n) is 16.2. The number of nitrogens with zero attached hydrogens (tertiary/aromatic N) is 1. The van der Waals surface area contributed by atoms with Crippen LogP contribution in [0.4, 0.5) is 5.69 Å². The van der Waals surface area contributed by atoms with Crippen LogP contribution in [0.2, 0.25) is 0 Å². The van der Waals surface area contributed by atoms with Crippen LogP contribution in [-0.2, 0) is 0 Å². The zero-order valence-corrected chi connectivity index (χ0v) is 16.2. The summed E-state index contributed by atoms with van der Waals surface area (Å²) >= 11 is 0. The van der Waals surface area contributed by atoms with Gasteiger partial charge >= 0.3 is 0 Å². The Morgan fingerprint density at radius 3 is 2.19 bits per heavy atom. The lowest BCUT2D eigenvalue weighted by atomic mass is 10.0. The van der Waals surface area contributed by atoms with E-state index in [0.29, 0.717) is 22.7 Å². The Kier molecular flexibility index (Phi) is 6.28. The number of carbonyl (C=O) groups excluding carboxylic acids is 2. The van der Waals surface area contributed by atoms with Gasteiger partial charge in [-0.2, -0.15) is 0 Å². The summed E-state index contributed by atoms with van der Waals surface area (Å²) in [6.45, 7) is 5.89. The molecule has 1 N–H and O–H groups in total. The van der Waals surface area contributed by atoms with Gasteiger partial charge in [-0.25, -0.2) is 0 Å². The molecule has 0 atom stereocenters. The number of nitrogens with one attached hydrogen (secondary N) is 1. The highest BCUT2D eigenvalue weighted by Gasteiger charge is 2.18. The summed E-state index contributed by atoms with van der Waals surface area (Å²) in [4.78, 5) is 27.2. The third kappa shape index (κ3) is 4.97. The average Bonchev–Trinajstić information content (AvgIpc) is 2.97. The molecule has 0 aromatic heterocycles. The van der Waals surface area contributed by atoms with Crippen molar-refractivity contribution in [1.29, 1.82) is 0 Å². The maximum atomic E-state index is 12.8. The lowest BCUT2D eigenvalue weighted by Crippen LogP contribution is -2.31. The molecule has 0 aliphatic carbocycles. The second kappa shape index (κ2) is 8.85. The zero-order chi connectivity index (χ0) is 19.2. The number of benzene rings is 2. The Balaban J connectivity index is 1.69. The Labute approximate surface area is 161 Å². The quantitative estimate of drug-likeness (QED) is 0.822. The first-order valence-electron chi connectivity index (χ1n) is 9.85. The van der Waals surface area contributed by atoms with Crippen molar-refractivity contribution in [2.75, 3.05) is 18.4 Å². The minimum Gasteiger partial charge on any atom is -0.339 e. The van der Waals surface area contributed by atoms with Gasteiger partial charge in [0.05, 0.1) is 0 Å². The number of hydrogen-bond acceptors (Lipinski definition) is 2. The molecule has 2 aromatic carbocycles. The van der Waals surface area contributed by atoms with E-state index >= 15 is 0 Å². The fraction of sp³-hybridized carbons (Fsp3) is 0.391. The van der Waals surface area contributed by atoms with E-state index in [2.05, 4.69) is 19.2 Å². The molecule has 0 saturated carbocycles. The molecule has 27 heavy (non-hydrogen) atoms. The molecule has 0 bridgehead atoms. The van der Waals surface area contributed by atoms with Crippen molar-refractivity contribution in [2.45, 2.75) is 45.4 Å². The molecule has 142 valence electrons. The molecule has 2 aromatic rings. The molecular weight excluding hydrogens is 336 g/mol. The predicted molar refractivity (Wildman–Crippen MR) is 109 cm³/mol. The normalized spacial score (nSPS) is 14.7. The van der Waals surface area contributed by atoms with Crippen LogP contribution < -0.4 is 5.32 Å². The van der Waals surface area contributed by atoms with E-state index in [9.17, 15) is 9.59 Å². The van der Waals surface area contributed by atoms with Crippen LogP contribution in [0.25, 0.3) is 0 Å². The highest BCUT2D eigenvalue weighted by molar-refractivity contribution is 6.05. The van der Waals surface area contributed by atoms with Gasteiger partial charge in [-0.3, -0.25) is 9.59 Å². The average molecular weight is 364 g/mol. The molecule has 0 radical (unpaired) electrons. The molecule has 0 unspecified atom stereocenters. The summed E-state index contributed by atoms with van der Waals surface area (Å²) in [6.07, 6.45) is 4.51. The van der Waals surface area contributed by atoms with E-state index in [1.54, 1.807) is 6.07 Å². The molecule has 1 aliphatic heterocycles. The van der Waals surface area contributed by atoms with E-state index in [0.717, 1.165) is 25.9 Å². The minimum atomic E-state index is -0.162. The monoisotopic (exact) mass is 364 g/mol. The Morgan fingerprint density at radius 1 is 0.889 bits per heavy atom. The van der Waals surface area contributed by atoms with Crippen molar-refractivity contribution >= 4 is 17.5 Å². The van der Waals surface area contributed by atoms with Crippen LogP contribution in [0.5, 0.6) is 0 Å². The fourth-order valence-corrected chi connectivity index (χ4v) is 3.41. The highest BCUT2D eigenvalue weighted by atomic mass is 16.2. The molecule has 4 nitrogen and oxygen atoms in total. The molecule has 3 rings (SSSR count). The molecule has 4 heteroatoms. The summed E-state index contributed by atoms with van der Waals surface area (Å²) in [5, 5.41) is 2.91. The Hall–Kier alpha value is -2.62. The minimum absolute atomic E-state index is 0.0503. The lowest BCUT2D eigenvalue weighted by molar-refractivity contribution is 0.0761. The van der Waals surface area contributed by atoms with Crippen molar-refractivity contribution in [3.63, 3.8) is 0 Å². The van der Waals surface area contributed by atoms with E-state index in [1.807, 2.05) is 47.4 Å². The van der Waals surface area contributed by atoms with Crippen molar-refractivity contribution < 1.29 is 9.59 Å².